The van der Waals surface area contributed by atoms with Crippen molar-refractivity contribution in [2.24, 2.45) is 0 Å². The lowest BCUT2D eigenvalue weighted by Crippen LogP contribution is -1.88. The summed E-state index contributed by atoms with van der Waals surface area (Å²) < 4.78 is 11.4. The Morgan fingerprint density at radius 1 is 0.840 bits per heavy atom. The molecule has 5 rings (SSSR count). The summed E-state index contributed by atoms with van der Waals surface area (Å²) in [6.45, 7) is 1.95. The number of hydrogen-bond acceptors (Lipinski definition) is 5. The molecule has 1 aromatic carbocycles. The Labute approximate surface area is 143 Å². The van der Waals surface area contributed by atoms with E-state index in [0.29, 0.717) is 17.3 Å². The summed E-state index contributed by atoms with van der Waals surface area (Å²) in [5, 5.41) is 2.04. The average Bonchev–Trinajstić information content (AvgIpc) is 3.29. The van der Waals surface area contributed by atoms with Crippen LogP contribution in [0.1, 0.15) is 5.69 Å². The van der Waals surface area contributed by atoms with E-state index < -0.39 is 0 Å². The van der Waals surface area contributed by atoms with Gasteiger partial charge < -0.3 is 8.83 Å². The van der Waals surface area contributed by atoms with Gasteiger partial charge in [0.2, 0.25) is 11.6 Å². The summed E-state index contributed by atoms with van der Waals surface area (Å²) in [5.74, 6) is 0.496. The Balaban J connectivity index is 1.76. The zero-order valence-electron chi connectivity index (χ0n) is 13.4. The molecular formula is C20H13N3O2. The van der Waals surface area contributed by atoms with Crippen LogP contribution in [0.25, 0.3) is 44.9 Å². The molecule has 0 saturated heterocycles. The summed E-state index contributed by atoms with van der Waals surface area (Å²) in [7, 11) is 0. The number of fused-ring (bicyclic) bond motifs is 3. The van der Waals surface area contributed by atoms with Gasteiger partial charge >= 0.3 is 0 Å². The van der Waals surface area contributed by atoms with Crippen LogP contribution in [0.5, 0.6) is 0 Å². The first kappa shape index (κ1) is 13.9. The van der Waals surface area contributed by atoms with E-state index in [-0.39, 0.29) is 0 Å². The molecule has 120 valence electrons. The Hall–Kier alpha value is -3.47. The van der Waals surface area contributed by atoms with Gasteiger partial charge in [-0.05, 0) is 37.3 Å². The number of benzene rings is 1. The lowest BCUT2D eigenvalue weighted by Gasteiger charge is -2.03. The van der Waals surface area contributed by atoms with Crippen LogP contribution in [0.3, 0.4) is 0 Å². The number of aromatic nitrogens is 3. The molecule has 5 aromatic rings. The van der Waals surface area contributed by atoms with Crippen LogP contribution in [0.2, 0.25) is 0 Å². The number of nitrogens with zero attached hydrogens (tertiary/aromatic N) is 3. The van der Waals surface area contributed by atoms with Gasteiger partial charge in [-0.2, -0.15) is 0 Å². The highest BCUT2D eigenvalue weighted by atomic mass is 16.3. The van der Waals surface area contributed by atoms with Crippen molar-refractivity contribution in [3.63, 3.8) is 0 Å². The second-order valence-corrected chi connectivity index (χ2v) is 5.83. The van der Waals surface area contributed by atoms with Gasteiger partial charge in [-0.3, -0.25) is 0 Å². The minimum absolute atomic E-state index is 0.496. The summed E-state index contributed by atoms with van der Waals surface area (Å²) in [6.07, 6.45) is 3.15. The molecule has 25 heavy (non-hydrogen) atoms. The Kier molecular flexibility index (Phi) is 2.94. The third kappa shape index (κ3) is 2.21. The smallest absolute Gasteiger partial charge is 0.245 e. The minimum atomic E-state index is 0.496. The Morgan fingerprint density at radius 2 is 1.72 bits per heavy atom. The van der Waals surface area contributed by atoms with E-state index in [1.807, 2.05) is 55.5 Å². The van der Waals surface area contributed by atoms with Gasteiger partial charge in [0.25, 0.3) is 0 Å². The Morgan fingerprint density at radius 3 is 2.60 bits per heavy atom. The zero-order valence-corrected chi connectivity index (χ0v) is 13.4. The van der Waals surface area contributed by atoms with Crippen molar-refractivity contribution in [2.45, 2.75) is 6.92 Å². The molecule has 0 aliphatic carbocycles. The molecule has 0 aliphatic rings. The SMILES string of the molecule is Cc1ccc2c(n1)oc1c(-c3cccc(-c4ncco4)n3)cccc12. The third-order valence-corrected chi connectivity index (χ3v) is 4.18. The number of hydrogen-bond donors (Lipinski definition) is 0. The number of rotatable bonds is 2. The normalized spacial score (nSPS) is 11.4. The number of aryl methyl sites for hydroxylation is 1. The van der Waals surface area contributed by atoms with Crippen molar-refractivity contribution in [2.75, 3.05) is 0 Å². The van der Waals surface area contributed by atoms with Crippen molar-refractivity contribution in [1.82, 2.24) is 15.0 Å². The monoisotopic (exact) mass is 327 g/mol. The highest BCUT2D eigenvalue weighted by Gasteiger charge is 2.14. The predicted octanol–water partition coefficient (Wildman–Crippen LogP) is 5.01. The first-order valence-electron chi connectivity index (χ1n) is 7.96. The first-order valence-corrected chi connectivity index (χ1v) is 7.96. The predicted molar refractivity (Wildman–Crippen MR) is 95.0 cm³/mol. The lowest BCUT2D eigenvalue weighted by molar-refractivity contribution is 0.572. The topological polar surface area (TPSA) is 65.0 Å². The highest BCUT2D eigenvalue weighted by molar-refractivity contribution is 6.08. The molecule has 0 saturated carbocycles. The van der Waals surface area contributed by atoms with E-state index in [0.717, 1.165) is 33.3 Å². The summed E-state index contributed by atoms with van der Waals surface area (Å²) in [4.78, 5) is 13.3. The number of para-hydroxylation sites is 1. The summed E-state index contributed by atoms with van der Waals surface area (Å²) >= 11 is 0. The highest BCUT2D eigenvalue weighted by Crippen LogP contribution is 2.34. The standard InChI is InChI=1S/C20H13N3O2/c1-12-8-9-14-13-4-2-5-15(18(13)25-19(14)22-12)16-6-3-7-17(23-16)20-21-10-11-24-20/h2-11H,1H3. The maximum atomic E-state index is 6.06. The van der Waals surface area contributed by atoms with E-state index in [2.05, 4.69) is 15.0 Å². The molecule has 0 N–H and O–H groups in total. The van der Waals surface area contributed by atoms with Crippen LogP contribution < -0.4 is 0 Å². The van der Waals surface area contributed by atoms with E-state index in [9.17, 15) is 0 Å². The van der Waals surface area contributed by atoms with Crippen molar-refractivity contribution >= 4 is 22.1 Å². The van der Waals surface area contributed by atoms with Crippen LogP contribution in [-0.2, 0) is 0 Å². The molecule has 0 bridgehead atoms. The van der Waals surface area contributed by atoms with Crippen LogP contribution in [0.4, 0.5) is 0 Å². The molecule has 0 atom stereocenters. The van der Waals surface area contributed by atoms with E-state index in [1.165, 1.54) is 6.26 Å². The van der Waals surface area contributed by atoms with Crippen molar-refractivity contribution in [1.29, 1.82) is 0 Å². The quantitative estimate of drug-likeness (QED) is 0.456. The average molecular weight is 327 g/mol. The second-order valence-electron chi connectivity index (χ2n) is 5.83. The molecule has 4 aromatic heterocycles. The first-order chi connectivity index (χ1) is 12.3. The number of furan rings is 1. The molecular weight excluding hydrogens is 314 g/mol. The molecule has 0 aliphatic heterocycles. The molecule has 5 heteroatoms. The molecule has 4 heterocycles. The second kappa shape index (κ2) is 5.27. The fourth-order valence-electron chi connectivity index (χ4n) is 3.03. The molecule has 5 nitrogen and oxygen atoms in total. The molecule has 0 spiro atoms. The molecule has 0 radical (unpaired) electrons. The number of oxazole rings is 1. The summed E-state index contributed by atoms with van der Waals surface area (Å²) in [5.41, 5.74) is 4.76. The van der Waals surface area contributed by atoms with Gasteiger partial charge in [-0.25, -0.2) is 15.0 Å². The summed E-state index contributed by atoms with van der Waals surface area (Å²) in [6, 6.07) is 15.8. The van der Waals surface area contributed by atoms with Gasteiger partial charge in [0.05, 0.1) is 11.9 Å². The van der Waals surface area contributed by atoms with Crippen LogP contribution >= 0.6 is 0 Å². The maximum Gasteiger partial charge on any atom is 0.245 e. The van der Waals surface area contributed by atoms with E-state index in [4.69, 9.17) is 8.83 Å². The fraction of sp³-hybridized carbons (Fsp3) is 0.0500. The largest absolute Gasteiger partial charge is 0.443 e. The van der Waals surface area contributed by atoms with Crippen LogP contribution in [0.15, 0.2) is 69.8 Å². The van der Waals surface area contributed by atoms with Crippen molar-refractivity contribution in [3.8, 4) is 22.8 Å². The van der Waals surface area contributed by atoms with Gasteiger partial charge in [0, 0.05) is 22.0 Å². The lowest BCUT2D eigenvalue weighted by atomic mass is 10.1. The molecule has 0 unspecified atom stereocenters. The van der Waals surface area contributed by atoms with Gasteiger partial charge in [-0.1, -0.05) is 18.2 Å². The van der Waals surface area contributed by atoms with E-state index >= 15 is 0 Å². The zero-order chi connectivity index (χ0) is 16.8. The fourth-order valence-corrected chi connectivity index (χ4v) is 3.03. The third-order valence-electron chi connectivity index (χ3n) is 4.18. The van der Waals surface area contributed by atoms with Crippen LogP contribution in [-0.4, -0.2) is 15.0 Å². The maximum absolute atomic E-state index is 6.06. The molecule has 0 amide bonds. The van der Waals surface area contributed by atoms with E-state index in [1.54, 1.807) is 6.20 Å². The van der Waals surface area contributed by atoms with Crippen molar-refractivity contribution in [3.05, 3.63) is 66.7 Å². The van der Waals surface area contributed by atoms with Crippen molar-refractivity contribution < 1.29 is 8.83 Å². The molecule has 0 fully saturated rings. The van der Waals surface area contributed by atoms with Gasteiger partial charge in [0.1, 0.15) is 17.5 Å². The Bertz CT molecular complexity index is 1210. The van der Waals surface area contributed by atoms with Crippen LogP contribution in [0, 0.1) is 6.92 Å². The van der Waals surface area contributed by atoms with Gasteiger partial charge in [0.15, 0.2) is 0 Å². The van der Waals surface area contributed by atoms with Gasteiger partial charge in [-0.15, -0.1) is 0 Å². The minimum Gasteiger partial charge on any atom is -0.443 e. The number of pyridine rings is 2.